The van der Waals surface area contributed by atoms with Crippen LogP contribution in [0.5, 0.6) is 0 Å². The minimum atomic E-state index is -0.495. The molecular formula is C16H21N2O2. The summed E-state index contributed by atoms with van der Waals surface area (Å²) in [5.41, 5.74) is 1.73. The molecule has 0 bridgehead atoms. The lowest BCUT2D eigenvalue weighted by molar-refractivity contribution is 0.0514. The number of nitrogens with one attached hydrogen (secondary N) is 2. The highest BCUT2D eigenvalue weighted by Crippen LogP contribution is 2.19. The second-order valence-electron chi connectivity index (χ2n) is 5.91. The number of carbonyl (C=O) groups is 1. The Morgan fingerprint density at radius 3 is 2.80 bits per heavy atom. The van der Waals surface area contributed by atoms with Crippen molar-refractivity contribution in [3.63, 3.8) is 0 Å². The van der Waals surface area contributed by atoms with Crippen LogP contribution >= 0.6 is 0 Å². The van der Waals surface area contributed by atoms with Gasteiger partial charge < -0.3 is 15.0 Å². The molecule has 2 N–H and O–H groups in total. The summed E-state index contributed by atoms with van der Waals surface area (Å²) in [4.78, 5) is 14.9. The minimum absolute atomic E-state index is 0.232. The molecule has 1 amide bonds. The first-order valence-electron chi connectivity index (χ1n) is 6.73. The molecule has 1 radical (unpaired) electrons. The van der Waals surface area contributed by atoms with Crippen LogP contribution in [0, 0.1) is 6.92 Å². The van der Waals surface area contributed by atoms with Gasteiger partial charge in [0.15, 0.2) is 0 Å². The lowest BCUT2D eigenvalue weighted by Gasteiger charge is -2.21. The molecule has 0 saturated heterocycles. The Bertz CT molecular complexity index is 596. The summed E-state index contributed by atoms with van der Waals surface area (Å²) in [6, 6.07) is 7.84. The average Bonchev–Trinajstić information content (AvgIpc) is 2.70. The van der Waals surface area contributed by atoms with E-state index >= 15 is 0 Å². The largest absolute Gasteiger partial charge is 0.444 e. The van der Waals surface area contributed by atoms with Gasteiger partial charge in [-0.25, -0.2) is 4.79 Å². The van der Waals surface area contributed by atoms with Crippen molar-refractivity contribution >= 4 is 17.0 Å². The molecule has 2 aromatic rings. The van der Waals surface area contributed by atoms with Crippen molar-refractivity contribution in [2.24, 2.45) is 0 Å². The second-order valence-corrected chi connectivity index (χ2v) is 5.91. The van der Waals surface area contributed by atoms with Gasteiger partial charge in [-0.15, -0.1) is 0 Å². The monoisotopic (exact) mass is 273 g/mol. The summed E-state index contributed by atoms with van der Waals surface area (Å²) in [5, 5.41) is 3.91. The van der Waals surface area contributed by atoms with E-state index < -0.39 is 11.7 Å². The summed E-state index contributed by atoms with van der Waals surface area (Å²) in [5.74, 6) is 0. The van der Waals surface area contributed by atoms with Crippen molar-refractivity contribution in [1.29, 1.82) is 0 Å². The quantitative estimate of drug-likeness (QED) is 0.900. The highest BCUT2D eigenvalue weighted by Gasteiger charge is 2.18. The Kier molecular flexibility index (Phi) is 4.02. The van der Waals surface area contributed by atoms with Gasteiger partial charge in [-0.1, -0.05) is 18.2 Å². The molecule has 4 nitrogen and oxygen atoms in total. The number of aromatic nitrogens is 1. The number of carbonyl (C=O) groups excluding carboxylic acids is 1. The van der Waals surface area contributed by atoms with Gasteiger partial charge in [0, 0.05) is 23.1 Å². The normalized spacial score (nSPS) is 13.2. The van der Waals surface area contributed by atoms with Gasteiger partial charge in [0.25, 0.3) is 0 Å². The van der Waals surface area contributed by atoms with E-state index in [0.29, 0.717) is 6.42 Å². The highest BCUT2D eigenvalue weighted by molar-refractivity contribution is 5.83. The first-order valence-corrected chi connectivity index (χ1v) is 6.73. The van der Waals surface area contributed by atoms with Crippen molar-refractivity contribution in [3.05, 3.63) is 42.9 Å². The molecule has 1 aromatic heterocycles. The molecule has 0 saturated carbocycles. The fourth-order valence-electron chi connectivity index (χ4n) is 2.09. The Balaban J connectivity index is 1.98. The number of H-pyrrole nitrogens is 1. The van der Waals surface area contributed by atoms with Gasteiger partial charge in [-0.3, -0.25) is 0 Å². The molecule has 0 aliphatic heterocycles. The number of alkyl carbamates (subject to hydrolysis) is 1. The molecule has 4 heteroatoms. The Morgan fingerprint density at radius 1 is 1.40 bits per heavy atom. The lowest BCUT2D eigenvalue weighted by Crippen LogP contribution is -2.38. The molecule has 1 aromatic carbocycles. The van der Waals surface area contributed by atoms with E-state index in [4.69, 9.17) is 4.74 Å². The van der Waals surface area contributed by atoms with E-state index in [1.54, 1.807) is 0 Å². The number of rotatable bonds is 3. The van der Waals surface area contributed by atoms with Crippen LogP contribution in [0.3, 0.4) is 0 Å². The van der Waals surface area contributed by atoms with Crippen LogP contribution in [0.2, 0.25) is 0 Å². The summed E-state index contributed by atoms with van der Waals surface area (Å²) in [7, 11) is 0. The predicted molar refractivity (Wildman–Crippen MR) is 80.5 cm³/mol. The van der Waals surface area contributed by atoms with Crippen molar-refractivity contribution in [2.45, 2.75) is 38.8 Å². The molecule has 0 spiro atoms. The highest BCUT2D eigenvalue weighted by atomic mass is 16.6. The van der Waals surface area contributed by atoms with E-state index in [1.165, 1.54) is 0 Å². The van der Waals surface area contributed by atoms with E-state index in [-0.39, 0.29) is 6.04 Å². The van der Waals surface area contributed by atoms with E-state index in [9.17, 15) is 4.79 Å². The fraction of sp³-hybridized carbons (Fsp3) is 0.375. The first-order chi connectivity index (χ1) is 9.35. The van der Waals surface area contributed by atoms with Gasteiger partial charge >= 0.3 is 6.09 Å². The maximum atomic E-state index is 11.7. The summed E-state index contributed by atoms with van der Waals surface area (Å²) >= 11 is 0. The van der Waals surface area contributed by atoms with Crippen molar-refractivity contribution in [2.75, 3.05) is 0 Å². The Labute approximate surface area is 119 Å². The number of para-hydroxylation sites is 1. The molecule has 0 fully saturated rings. The third kappa shape index (κ3) is 3.76. The number of hydrogen-bond donors (Lipinski definition) is 2. The van der Waals surface area contributed by atoms with Crippen molar-refractivity contribution < 1.29 is 9.53 Å². The summed E-state index contributed by atoms with van der Waals surface area (Å²) < 4.78 is 5.22. The van der Waals surface area contributed by atoms with Crippen molar-refractivity contribution in [3.8, 4) is 0 Å². The molecule has 0 aliphatic rings. The zero-order chi connectivity index (χ0) is 14.8. The number of fused-ring (bicyclic) bond motifs is 1. The van der Waals surface area contributed by atoms with E-state index in [1.807, 2.05) is 45.2 Å². The molecular weight excluding hydrogens is 252 g/mol. The van der Waals surface area contributed by atoms with Gasteiger partial charge in [0.1, 0.15) is 5.60 Å². The van der Waals surface area contributed by atoms with Crippen LogP contribution in [0.4, 0.5) is 4.79 Å². The molecule has 107 valence electrons. The van der Waals surface area contributed by atoms with Crippen LogP contribution in [0.1, 0.15) is 26.3 Å². The van der Waals surface area contributed by atoms with Gasteiger partial charge in [0.2, 0.25) is 0 Å². The zero-order valence-electron chi connectivity index (χ0n) is 12.2. The molecule has 1 atom stereocenters. The number of aromatic amines is 1. The van der Waals surface area contributed by atoms with Gasteiger partial charge in [-0.2, -0.15) is 0 Å². The van der Waals surface area contributed by atoms with Crippen LogP contribution < -0.4 is 5.32 Å². The maximum Gasteiger partial charge on any atom is 0.407 e. The third-order valence-corrected chi connectivity index (χ3v) is 2.86. The van der Waals surface area contributed by atoms with Crippen LogP contribution in [-0.4, -0.2) is 22.7 Å². The topological polar surface area (TPSA) is 54.1 Å². The lowest BCUT2D eigenvalue weighted by atomic mass is 10.1. The average molecular weight is 273 g/mol. The van der Waals surface area contributed by atoms with E-state index in [2.05, 4.69) is 23.3 Å². The van der Waals surface area contributed by atoms with Crippen molar-refractivity contribution in [1.82, 2.24) is 10.3 Å². The van der Waals surface area contributed by atoms with Crippen LogP contribution in [0.15, 0.2) is 30.5 Å². The number of hydrogen-bond acceptors (Lipinski definition) is 2. The molecule has 0 unspecified atom stereocenters. The van der Waals surface area contributed by atoms with E-state index in [0.717, 1.165) is 16.5 Å². The second kappa shape index (κ2) is 5.57. The zero-order valence-corrected chi connectivity index (χ0v) is 12.2. The summed E-state index contributed by atoms with van der Waals surface area (Å²) in [6.07, 6.45) is 2.18. The molecule has 2 rings (SSSR count). The maximum absolute atomic E-state index is 11.7. The smallest absolute Gasteiger partial charge is 0.407 e. The third-order valence-electron chi connectivity index (χ3n) is 2.86. The van der Waals surface area contributed by atoms with Gasteiger partial charge in [-0.05, 0) is 45.7 Å². The predicted octanol–water partition coefficient (Wildman–Crippen LogP) is 3.44. The number of benzene rings is 1. The van der Waals surface area contributed by atoms with Crippen LogP contribution in [0.25, 0.3) is 10.9 Å². The Morgan fingerprint density at radius 2 is 2.10 bits per heavy atom. The Hall–Kier alpha value is -1.97. The fourth-order valence-corrected chi connectivity index (χ4v) is 2.09. The van der Waals surface area contributed by atoms with Gasteiger partial charge in [0.05, 0.1) is 0 Å². The SMILES string of the molecule is [CH2][C@H](Cc1c[nH]c2ccccc12)NC(=O)OC(C)(C)C. The molecule has 0 aliphatic carbocycles. The number of amides is 1. The minimum Gasteiger partial charge on any atom is -0.444 e. The molecule has 1 heterocycles. The molecule has 20 heavy (non-hydrogen) atoms. The standard InChI is InChI=1S/C16H21N2O2/c1-11(18-15(19)20-16(2,3)4)9-12-10-17-14-8-6-5-7-13(12)14/h5-8,10-11,17H,1,9H2,2-4H3,(H,18,19)/t11-/m1/s1. The number of ether oxygens (including phenoxy) is 1. The van der Waals surface area contributed by atoms with Crippen LogP contribution in [-0.2, 0) is 11.2 Å². The summed E-state index contributed by atoms with van der Waals surface area (Å²) in [6.45, 7) is 9.48. The first kappa shape index (κ1) is 14.4.